The van der Waals surface area contributed by atoms with E-state index >= 15 is 0 Å². The van der Waals surface area contributed by atoms with Gasteiger partial charge in [0.25, 0.3) is 0 Å². The Balaban J connectivity index is 2.89. The quantitative estimate of drug-likeness (QED) is 0.882. The monoisotopic (exact) mass is 259 g/mol. The van der Waals surface area contributed by atoms with E-state index in [2.05, 4.69) is 29.8 Å². The topological polar surface area (TPSA) is 26.0 Å². The van der Waals surface area contributed by atoms with Gasteiger partial charge in [0, 0.05) is 6.04 Å². The van der Waals surface area contributed by atoms with Crippen LogP contribution in [0, 0.1) is 11.7 Å². The number of benzene rings is 1. The van der Waals surface area contributed by atoms with Crippen LogP contribution >= 0.6 is 15.9 Å². The summed E-state index contributed by atoms with van der Waals surface area (Å²) in [5, 5.41) is 0. The minimum Gasteiger partial charge on any atom is -0.324 e. The van der Waals surface area contributed by atoms with Crippen molar-refractivity contribution in [3.63, 3.8) is 0 Å². The van der Waals surface area contributed by atoms with Crippen LogP contribution in [0.15, 0.2) is 22.7 Å². The minimum atomic E-state index is -0.248. The fourth-order valence-electron chi connectivity index (χ4n) is 1.44. The number of nitrogens with two attached hydrogens (primary N) is 1. The van der Waals surface area contributed by atoms with Gasteiger partial charge in [0.05, 0.1) is 4.47 Å². The molecule has 0 radical (unpaired) electrons. The summed E-state index contributed by atoms with van der Waals surface area (Å²) in [7, 11) is 0. The van der Waals surface area contributed by atoms with E-state index < -0.39 is 0 Å². The summed E-state index contributed by atoms with van der Waals surface area (Å²) in [4.78, 5) is 0. The Morgan fingerprint density at radius 2 is 2.07 bits per heavy atom. The second-order valence-electron chi connectivity index (χ2n) is 3.88. The molecule has 0 aromatic heterocycles. The van der Waals surface area contributed by atoms with Crippen LogP contribution in [0.5, 0.6) is 0 Å². The highest BCUT2D eigenvalue weighted by Gasteiger charge is 2.13. The smallest absolute Gasteiger partial charge is 0.137 e. The first kappa shape index (κ1) is 11.7. The fraction of sp³-hybridized carbons (Fsp3) is 0.455. The molecule has 0 spiro atoms. The zero-order valence-corrected chi connectivity index (χ0v) is 10.0. The van der Waals surface area contributed by atoms with E-state index in [0.29, 0.717) is 10.4 Å². The van der Waals surface area contributed by atoms with Crippen molar-refractivity contribution in [2.75, 3.05) is 0 Å². The summed E-state index contributed by atoms with van der Waals surface area (Å²) in [5.74, 6) is 0.266. The van der Waals surface area contributed by atoms with Crippen molar-refractivity contribution < 1.29 is 4.39 Å². The Morgan fingerprint density at radius 3 is 2.64 bits per heavy atom. The molecule has 1 atom stereocenters. The Bertz CT molecular complexity index is 312. The van der Waals surface area contributed by atoms with Gasteiger partial charge in [-0.25, -0.2) is 4.39 Å². The third-order valence-electron chi connectivity index (χ3n) is 2.11. The lowest BCUT2D eigenvalue weighted by molar-refractivity contribution is 0.505. The first-order valence-corrected chi connectivity index (χ1v) is 5.51. The van der Waals surface area contributed by atoms with Gasteiger partial charge in [0.15, 0.2) is 0 Å². The predicted molar refractivity (Wildman–Crippen MR) is 60.5 cm³/mol. The van der Waals surface area contributed by atoms with Crippen LogP contribution in [0.25, 0.3) is 0 Å². The summed E-state index contributed by atoms with van der Waals surface area (Å²) in [6.45, 7) is 4.21. The molecule has 0 aliphatic carbocycles. The maximum Gasteiger partial charge on any atom is 0.137 e. The molecule has 0 fully saturated rings. The SMILES string of the molecule is CC(C)C[C@H](N)c1cccc(F)c1Br. The van der Waals surface area contributed by atoms with Crippen molar-refractivity contribution >= 4 is 15.9 Å². The maximum absolute atomic E-state index is 13.2. The molecule has 78 valence electrons. The van der Waals surface area contributed by atoms with Crippen molar-refractivity contribution in [1.29, 1.82) is 0 Å². The van der Waals surface area contributed by atoms with Gasteiger partial charge in [0.2, 0.25) is 0 Å². The molecule has 0 aliphatic heterocycles. The van der Waals surface area contributed by atoms with Crippen LogP contribution in [0.4, 0.5) is 4.39 Å². The van der Waals surface area contributed by atoms with Crippen LogP contribution < -0.4 is 5.73 Å². The molecule has 0 saturated heterocycles. The van der Waals surface area contributed by atoms with Crippen molar-refractivity contribution in [3.05, 3.63) is 34.1 Å². The molecule has 0 heterocycles. The molecule has 14 heavy (non-hydrogen) atoms. The van der Waals surface area contributed by atoms with Gasteiger partial charge in [-0.3, -0.25) is 0 Å². The molecule has 0 unspecified atom stereocenters. The highest BCUT2D eigenvalue weighted by Crippen LogP contribution is 2.28. The minimum absolute atomic E-state index is 0.0972. The molecule has 0 amide bonds. The predicted octanol–water partition coefficient (Wildman–Crippen LogP) is 3.63. The first-order chi connectivity index (χ1) is 6.52. The summed E-state index contributed by atoms with van der Waals surface area (Å²) >= 11 is 3.22. The fourth-order valence-corrected chi connectivity index (χ4v) is 2.00. The van der Waals surface area contributed by atoms with Gasteiger partial charge in [-0.2, -0.15) is 0 Å². The second-order valence-corrected chi connectivity index (χ2v) is 4.67. The molecule has 0 saturated carbocycles. The number of halogens is 2. The van der Waals surface area contributed by atoms with Crippen LogP contribution in [0.2, 0.25) is 0 Å². The zero-order valence-electron chi connectivity index (χ0n) is 8.43. The van der Waals surface area contributed by atoms with Gasteiger partial charge < -0.3 is 5.73 Å². The maximum atomic E-state index is 13.2. The highest BCUT2D eigenvalue weighted by molar-refractivity contribution is 9.10. The van der Waals surface area contributed by atoms with Gasteiger partial charge >= 0.3 is 0 Å². The van der Waals surface area contributed by atoms with Gasteiger partial charge in [-0.1, -0.05) is 26.0 Å². The van der Waals surface area contributed by atoms with E-state index in [1.807, 2.05) is 6.07 Å². The van der Waals surface area contributed by atoms with E-state index in [-0.39, 0.29) is 11.9 Å². The lowest BCUT2D eigenvalue weighted by atomic mass is 9.98. The molecule has 1 aromatic rings. The van der Waals surface area contributed by atoms with Gasteiger partial charge in [-0.15, -0.1) is 0 Å². The van der Waals surface area contributed by atoms with Crippen molar-refractivity contribution in [2.24, 2.45) is 11.7 Å². The molecule has 2 N–H and O–H groups in total. The summed E-state index contributed by atoms with van der Waals surface area (Å²) in [5.41, 5.74) is 6.82. The van der Waals surface area contributed by atoms with Crippen LogP contribution in [-0.2, 0) is 0 Å². The third-order valence-corrected chi connectivity index (χ3v) is 2.94. The molecule has 1 rings (SSSR count). The Morgan fingerprint density at radius 1 is 1.43 bits per heavy atom. The second kappa shape index (κ2) is 4.89. The standard InChI is InChI=1S/C11H15BrFN/c1-7(2)6-10(14)8-4-3-5-9(13)11(8)12/h3-5,7,10H,6,14H2,1-2H3/t10-/m0/s1. The molecular weight excluding hydrogens is 245 g/mol. The number of hydrogen-bond acceptors (Lipinski definition) is 1. The van der Waals surface area contributed by atoms with Crippen LogP contribution in [0.1, 0.15) is 31.9 Å². The number of rotatable bonds is 3. The zero-order chi connectivity index (χ0) is 10.7. The largest absolute Gasteiger partial charge is 0.324 e. The van der Waals surface area contributed by atoms with Crippen LogP contribution in [-0.4, -0.2) is 0 Å². The van der Waals surface area contributed by atoms with Crippen LogP contribution in [0.3, 0.4) is 0 Å². The Hall–Kier alpha value is -0.410. The van der Waals surface area contributed by atoms with E-state index in [0.717, 1.165) is 12.0 Å². The Labute approximate surface area is 92.6 Å². The molecule has 3 heteroatoms. The lowest BCUT2D eigenvalue weighted by Gasteiger charge is -2.16. The molecule has 1 nitrogen and oxygen atoms in total. The normalized spacial score (nSPS) is 13.3. The summed E-state index contributed by atoms with van der Waals surface area (Å²) in [6, 6.07) is 4.88. The molecule has 0 bridgehead atoms. The third kappa shape index (κ3) is 2.79. The first-order valence-electron chi connectivity index (χ1n) is 4.72. The van der Waals surface area contributed by atoms with E-state index in [9.17, 15) is 4.39 Å². The van der Waals surface area contributed by atoms with Crippen molar-refractivity contribution in [2.45, 2.75) is 26.3 Å². The van der Waals surface area contributed by atoms with Gasteiger partial charge in [-0.05, 0) is 39.9 Å². The Kier molecular flexibility index (Phi) is 4.08. The molecule has 1 aromatic carbocycles. The average molecular weight is 260 g/mol. The molecule has 0 aliphatic rings. The van der Waals surface area contributed by atoms with E-state index in [1.54, 1.807) is 6.07 Å². The average Bonchev–Trinajstić information content (AvgIpc) is 2.08. The van der Waals surface area contributed by atoms with E-state index in [1.165, 1.54) is 6.07 Å². The summed E-state index contributed by atoms with van der Waals surface area (Å²) in [6.07, 6.45) is 0.863. The summed E-state index contributed by atoms with van der Waals surface area (Å²) < 4.78 is 13.7. The lowest BCUT2D eigenvalue weighted by Crippen LogP contribution is -2.13. The van der Waals surface area contributed by atoms with E-state index in [4.69, 9.17) is 5.73 Å². The molecular formula is C11H15BrFN. The van der Waals surface area contributed by atoms with Crippen molar-refractivity contribution in [3.8, 4) is 0 Å². The number of hydrogen-bond donors (Lipinski definition) is 1. The van der Waals surface area contributed by atoms with Crippen molar-refractivity contribution in [1.82, 2.24) is 0 Å². The van der Waals surface area contributed by atoms with Gasteiger partial charge in [0.1, 0.15) is 5.82 Å². The highest BCUT2D eigenvalue weighted by atomic mass is 79.9.